The maximum absolute atomic E-state index is 10.8. The van der Waals surface area contributed by atoms with Gasteiger partial charge in [0, 0.05) is 25.2 Å². The molecule has 2 aromatic carbocycles. The van der Waals surface area contributed by atoms with Gasteiger partial charge in [0.25, 0.3) is 5.69 Å². The summed E-state index contributed by atoms with van der Waals surface area (Å²) in [6.45, 7) is 2.09. The van der Waals surface area contributed by atoms with Crippen LogP contribution in [0, 0.1) is 16.0 Å². The summed E-state index contributed by atoms with van der Waals surface area (Å²) in [6, 6.07) is 10.8. The van der Waals surface area contributed by atoms with Crippen LogP contribution in [0.15, 0.2) is 36.4 Å². The number of nitrogens with zero attached hydrogens (tertiary/aromatic N) is 2. The Bertz CT molecular complexity index is 834. The van der Waals surface area contributed by atoms with Crippen molar-refractivity contribution in [2.45, 2.75) is 19.3 Å². The highest BCUT2D eigenvalue weighted by molar-refractivity contribution is 6.33. The number of ether oxygens (including phenoxy) is 2. The van der Waals surface area contributed by atoms with Gasteiger partial charge in [0.2, 0.25) is 6.79 Å². The van der Waals surface area contributed by atoms with Crippen LogP contribution in [0.3, 0.4) is 0 Å². The number of nitro groups is 1. The minimum absolute atomic E-state index is 0.0245. The molecule has 0 amide bonds. The van der Waals surface area contributed by atoms with Crippen molar-refractivity contribution in [3.8, 4) is 11.5 Å². The second kappa shape index (κ2) is 7.03. The van der Waals surface area contributed by atoms with E-state index in [0.29, 0.717) is 17.7 Å². The fourth-order valence-corrected chi connectivity index (χ4v) is 3.94. The topological polar surface area (TPSA) is 64.8 Å². The van der Waals surface area contributed by atoms with Gasteiger partial charge >= 0.3 is 0 Å². The molecule has 0 aromatic heterocycles. The number of benzene rings is 2. The number of piperidine rings is 1. The van der Waals surface area contributed by atoms with E-state index in [4.69, 9.17) is 21.1 Å². The molecule has 1 fully saturated rings. The van der Waals surface area contributed by atoms with Crippen LogP contribution in [-0.2, 0) is 6.42 Å². The van der Waals surface area contributed by atoms with Crippen molar-refractivity contribution in [2.75, 3.05) is 24.8 Å². The normalized spacial score (nSPS) is 16.7. The van der Waals surface area contributed by atoms with Crippen LogP contribution in [0.1, 0.15) is 18.4 Å². The monoisotopic (exact) mass is 374 g/mol. The molecule has 26 heavy (non-hydrogen) atoms. The second-order valence-electron chi connectivity index (χ2n) is 6.71. The first-order valence-corrected chi connectivity index (χ1v) is 9.05. The minimum Gasteiger partial charge on any atom is -0.454 e. The van der Waals surface area contributed by atoms with Gasteiger partial charge in [-0.2, -0.15) is 0 Å². The summed E-state index contributed by atoms with van der Waals surface area (Å²) in [5.41, 5.74) is 2.16. The second-order valence-corrected chi connectivity index (χ2v) is 7.12. The SMILES string of the molecule is O=[N+]([O-])c1ccc(N2CCC(Cc3ccc4c(c3)OCO4)CC2)c(Cl)c1. The first kappa shape index (κ1) is 17.0. The van der Waals surface area contributed by atoms with Crippen LogP contribution in [0.25, 0.3) is 0 Å². The molecule has 136 valence electrons. The summed E-state index contributed by atoms with van der Waals surface area (Å²) in [4.78, 5) is 12.6. The highest BCUT2D eigenvalue weighted by Crippen LogP contribution is 2.35. The molecule has 0 aliphatic carbocycles. The van der Waals surface area contributed by atoms with E-state index < -0.39 is 4.92 Å². The van der Waals surface area contributed by atoms with Gasteiger partial charge in [-0.25, -0.2) is 0 Å². The molecule has 2 aromatic rings. The number of rotatable bonds is 4. The van der Waals surface area contributed by atoms with Crippen molar-refractivity contribution in [3.05, 3.63) is 57.1 Å². The quantitative estimate of drug-likeness (QED) is 0.584. The fraction of sp³-hybridized carbons (Fsp3) is 0.368. The number of hydrogen-bond donors (Lipinski definition) is 0. The molecule has 0 N–H and O–H groups in total. The molecular weight excluding hydrogens is 356 g/mol. The van der Waals surface area contributed by atoms with E-state index in [-0.39, 0.29) is 5.69 Å². The molecular formula is C19H19ClN2O4. The number of hydrogen-bond acceptors (Lipinski definition) is 5. The Kier molecular flexibility index (Phi) is 4.59. The van der Waals surface area contributed by atoms with Crippen LogP contribution in [0.5, 0.6) is 11.5 Å². The predicted molar refractivity (Wildman–Crippen MR) is 99.3 cm³/mol. The van der Waals surface area contributed by atoms with Crippen molar-refractivity contribution < 1.29 is 14.4 Å². The smallest absolute Gasteiger partial charge is 0.271 e. The number of anilines is 1. The lowest BCUT2D eigenvalue weighted by Crippen LogP contribution is -2.34. The molecule has 2 aliphatic rings. The number of halogens is 1. The Labute approximate surface area is 156 Å². The zero-order chi connectivity index (χ0) is 18.1. The molecule has 6 nitrogen and oxygen atoms in total. The maximum atomic E-state index is 10.8. The molecule has 0 radical (unpaired) electrons. The number of fused-ring (bicyclic) bond motifs is 1. The highest BCUT2D eigenvalue weighted by Gasteiger charge is 2.23. The Morgan fingerprint density at radius 2 is 1.88 bits per heavy atom. The molecule has 0 spiro atoms. The Morgan fingerprint density at radius 3 is 2.62 bits per heavy atom. The Balaban J connectivity index is 1.37. The summed E-state index contributed by atoms with van der Waals surface area (Å²) in [6.07, 6.45) is 3.13. The third-order valence-corrected chi connectivity index (χ3v) is 5.36. The molecule has 1 saturated heterocycles. The summed E-state index contributed by atoms with van der Waals surface area (Å²) in [5, 5.41) is 11.3. The van der Waals surface area contributed by atoms with E-state index in [2.05, 4.69) is 17.0 Å². The van der Waals surface area contributed by atoms with Gasteiger partial charge in [-0.3, -0.25) is 10.1 Å². The summed E-state index contributed by atoms with van der Waals surface area (Å²) in [7, 11) is 0. The highest BCUT2D eigenvalue weighted by atomic mass is 35.5. The zero-order valence-corrected chi connectivity index (χ0v) is 14.9. The molecule has 2 aliphatic heterocycles. The molecule has 0 bridgehead atoms. The lowest BCUT2D eigenvalue weighted by atomic mass is 9.90. The summed E-state index contributed by atoms with van der Waals surface area (Å²) in [5.74, 6) is 2.25. The molecule has 2 heterocycles. The van der Waals surface area contributed by atoms with Crippen molar-refractivity contribution in [3.63, 3.8) is 0 Å². The fourth-order valence-electron chi connectivity index (χ4n) is 3.65. The number of non-ortho nitro benzene ring substituents is 1. The van der Waals surface area contributed by atoms with Crippen molar-refractivity contribution >= 4 is 23.0 Å². The van der Waals surface area contributed by atoms with E-state index in [1.54, 1.807) is 6.07 Å². The van der Waals surface area contributed by atoms with Gasteiger partial charge in [0.05, 0.1) is 15.6 Å². The average molecular weight is 375 g/mol. The molecule has 0 unspecified atom stereocenters. The van der Waals surface area contributed by atoms with Crippen LogP contribution in [0.2, 0.25) is 5.02 Å². The predicted octanol–water partition coefficient (Wildman–Crippen LogP) is 4.44. The van der Waals surface area contributed by atoms with E-state index in [1.165, 1.54) is 17.7 Å². The van der Waals surface area contributed by atoms with Gasteiger partial charge < -0.3 is 14.4 Å². The molecule has 4 rings (SSSR count). The zero-order valence-electron chi connectivity index (χ0n) is 14.2. The van der Waals surface area contributed by atoms with Crippen molar-refractivity contribution in [1.29, 1.82) is 0 Å². The van der Waals surface area contributed by atoms with Crippen LogP contribution in [-0.4, -0.2) is 24.8 Å². The van der Waals surface area contributed by atoms with Crippen LogP contribution in [0.4, 0.5) is 11.4 Å². The molecule has 7 heteroatoms. The van der Waals surface area contributed by atoms with Crippen molar-refractivity contribution in [2.24, 2.45) is 5.92 Å². The minimum atomic E-state index is -0.423. The third kappa shape index (κ3) is 3.42. The molecule has 0 atom stereocenters. The Morgan fingerprint density at radius 1 is 1.12 bits per heavy atom. The van der Waals surface area contributed by atoms with E-state index in [1.807, 2.05) is 6.07 Å². The van der Waals surface area contributed by atoms with E-state index in [9.17, 15) is 10.1 Å². The molecule has 0 saturated carbocycles. The van der Waals surface area contributed by atoms with Gasteiger partial charge in [-0.05, 0) is 48.9 Å². The standard InChI is InChI=1S/C19H19ClN2O4/c20-16-11-15(22(23)24)2-3-17(16)21-7-5-13(6-8-21)9-14-1-4-18-19(10-14)26-12-25-18/h1-4,10-11,13H,5-9,12H2. The van der Waals surface area contributed by atoms with Gasteiger partial charge in [0.15, 0.2) is 11.5 Å². The van der Waals surface area contributed by atoms with Crippen molar-refractivity contribution in [1.82, 2.24) is 0 Å². The number of nitro benzene ring substituents is 1. The average Bonchev–Trinajstić information content (AvgIpc) is 3.10. The van der Waals surface area contributed by atoms with Gasteiger partial charge in [-0.15, -0.1) is 0 Å². The van der Waals surface area contributed by atoms with Gasteiger partial charge in [0.1, 0.15) is 0 Å². The first-order chi connectivity index (χ1) is 12.6. The van der Waals surface area contributed by atoms with Crippen LogP contribution >= 0.6 is 11.6 Å². The maximum Gasteiger partial charge on any atom is 0.271 e. The largest absolute Gasteiger partial charge is 0.454 e. The summed E-state index contributed by atoms with van der Waals surface area (Å²) < 4.78 is 10.8. The van der Waals surface area contributed by atoms with E-state index in [0.717, 1.165) is 49.5 Å². The first-order valence-electron chi connectivity index (χ1n) is 8.67. The lowest BCUT2D eigenvalue weighted by molar-refractivity contribution is -0.384. The van der Waals surface area contributed by atoms with E-state index >= 15 is 0 Å². The Hall–Kier alpha value is -2.47. The van der Waals surface area contributed by atoms with Crippen LogP contribution < -0.4 is 14.4 Å². The lowest BCUT2D eigenvalue weighted by Gasteiger charge is -2.34. The summed E-state index contributed by atoms with van der Waals surface area (Å²) >= 11 is 6.26. The van der Waals surface area contributed by atoms with Gasteiger partial charge in [-0.1, -0.05) is 17.7 Å². The third-order valence-electron chi connectivity index (χ3n) is 5.06.